The molecule has 0 amide bonds. The average Bonchev–Trinajstić information content (AvgIpc) is 2.78. The van der Waals surface area contributed by atoms with Crippen LogP contribution in [-0.4, -0.2) is 0 Å². The lowest BCUT2D eigenvalue weighted by Crippen LogP contribution is -2.20. The molecule has 0 radical (unpaired) electrons. The lowest BCUT2D eigenvalue weighted by molar-refractivity contribution is 0.441. The van der Waals surface area contributed by atoms with Crippen LogP contribution in [-0.2, 0) is 6.54 Å². The molecule has 1 aromatic heterocycles. The highest BCUT2D eigenvalue weighted by Gasteiger charge is 2.10. The molecule has 0 aliphatic carbocycles. The maximum Gasteiger partial charge on any atom is 0.120 e. The molecule has 0 saturated heterocycles. The Morgan fingerprint density at radius 2 is 1.83 bits per heavy atom. The standard InChI is InChI=1S/C16H21NO/c1-4-15(14-7-5-12(2)6-8-14)17-11-16-13(3)9-10-18-16/h5-10,15,17H,4,11H2,1-3H3. The van der Waals surface area contributed by atoms with Gasteiger partial charge in [0.25, 0.3) is 0 Å². The highest BCUT2D eigenvalue weighted by atomic mass is 16.3. The van der Waals surface area contributed by atoms with Crippen molar-refractivity contribution in [3.8, 4) is 0 Å². The number of benzene rings is 1. The summed E-state index contributed by atoms with van der Waals surface area (Å²) in [6, 6.07) is 11.1. The number of hydrogen-bond acceptors (Lipinski definition) is 2. The predicted molar refractivity (Wildman–Crippen MR) is 74.5 cm³/mol. The molecule has 1 heterocycles. The fourth-order valence-electron chi connectivity index (χ4n) is 2.10. The first-order chi connectivity index (χ1) is 8.70. The summed E-state index contributed by atoms with van der Waals surface area (Å²) in [5.74, 6) is 1.03. The van der Waals surface area contributed by atoms with Crippen LogP contribution < -0.4 is 5.32 Å². The highest BCUT2D eigenvalue weighted by Crippen LogP contribution is 2.18. The topological polar surface area (TPSA) is 25.2 Å². The van der Waals surface area contributed by atoms with Crippen molar-refractivity contribution < 1.29 is 4.42 Å². The van der Waals surface area contributed by atoms with Crippen LogP contribution in [0.2, 0.25) is 0 Å². The van der Waals surface area contributed by atoms with E-state index in [0.717, 1.165) is 18.7 Å². The summed E-state index contributed by atoms with van der Waals surface area (Å²) >= 11 is 0. The second-order valence-electron chi connectivity index (χ2n) is 4.78. The van der Waals surface area contributed by atoms with E-state index >= 15 is 0 Å². The second-order valence-corrected chi connectivity index (χ2v) is 4.78. The van der Waals surface area contributed by atoms with Crippen LogP contribution in [0.15, 0.2) is 41.0 Å². The maximum absolute atomic E-state index is 5.45. The van der Waals surface area contributed by atoms with Gasteiger partial charge in [0.1, 0.15) is 5.76 Å². The molecule has 2 aromatic rings. The Morgan fingerprint density at radius 3 is 2.39 bits per heavy atom. The summed E-state index contributed by atoms with van der Waals surface area (Å²) in [5.41, 5.74) is 3.85. The first-order valence-corrected chi connectivity index (χ1v) is 6.53. The third-order valence-electron chi connectivity index (χ3n) is 3.37. The van der Waals surface area contributed by atoms with Crippen molar-refractivity contribution in [2.75, 3.05) is 0 Å². The summed E-state index contributed by atoms with van der Waals surface area (Å²) in [7, 11) is 0. The molecule has 1 atom stereocenters. The monoisotopic (exact) mass is 243 g/mol. The van der Waals surface area contributed by atoms with E-state index in [2.05, 4.69) is 50.4 Å². The minimum Gasteiger partial charge on any atom is -0.468 e. The SMILES string of the molecule is CCC(NCc1occc1C)c1ccc(C)cc1. The van der Waals surface area contributed by atoms with Crippen molar-refractivity contribution in [3.05, 3.63) is 59.0 Å². The van der Waals surface area contributed by atoms with Crippen LogP contribution in [0.1, 0.15) is 41.8 Å². The van der Waals surface area contributed by atoms with Gasteiger partial charge < -0.3 is 9.73 Å². The minimum atomic E-state index is 0.384. The number of hydrogen-bond donors (Lipinski definition) is 1. The van der Waals surface area contributed by atoms with E-state index in [1.54, 1.807) is 6.26 Å². The molecular formula is C16H21NO. The molecule has 2 rings (SSSR count). The summed E-state index contributed by atoms with van der Waals surface area (Å²) in [4.78, 5) is 0. The Kier molecular flexibility index (Phi) is 4.21. The van der Waals surface area contributed by atoms with Crippen LogP contribution in [0, 0.1) is 13.8 Å². The van der Waals surface area contributed by atoms with E-state index in [9.17, 15) is 0 Å². The van der Waals surface area contributed by atoms with Gasteiger partial charge in [-0.15, -0.1) is 0 Å². The molecule has 2 nitrogen and oxygen atoms in total. The molecule has 0 aliphatic rings. The van der Waals surface area contributed by atoms with Crippen molar-refractivity contribution in [1.82, 2.24) is 5.32 Å². The predicted octanol–water partition coefficient (Wildman–Crippen LogP) is 4.14. The van der Waals surface area contributed by atoms with E-state index in [-0.39, 0.29) is 0 Å². The zero-order chi connectivity index (χ0) is 13.0. The molecule has 0 aliphatic heterocycles. The first kappa shape index (κ1) is 12.9. The fraction of sp³-hybridized carbons (Fsp3) is 0.375. The zero-order valence-electron chi connectivity index (χ0n) is 11.4. The van der Waals surface area contributed by atoms with Crippen LogP contribution in [0.4, 0.5) is 0 Å². The number of rotatable bonds is 5. The summed E-state index contributed by atoms with van der Waals surface area (Å²) in [6.45, 7) is 7.18. The van der Waals surface area contributed by atoms with E-state index in [0.29, 0.717) is 6.04 Å². The van der Waals surface area contributed by atoms with Crippen molar-refractivity contribution >= 4 is 0 Å². The Bertz CT molecular complexity index is 484. The van der Waals surface area contributed by atoms with Crippen molar-refractivity contribution in [2.24, 2.45) is 0 Å². The highest BCUT2D eigenvalue weighted by molar-refractivity contribution is 5.24. The van der Waals surface area contributed by atoms with E-state index in [1.165, 1.54) is 16.7 Å². The molecule has 0 bridgehead atoms. The Balaban J connectivity index is 2.01. The van der Waals surface area contributed by atoms with Gasteiger partial charge >= 0.3 is 0 Å². The van der Waals surface area contributed by atoms with Gasteiger partial charge in [0.05, 0.1) is 12.8 Å². The third-order valence-corrected chi connectivity index (χ3v) is 3.37. The molecule has 1 aromatic carbocycles. The average molecular weight is 243 g/mol. The summed E-state index contributed by atoms with van der Waals surface area (Å²) in [6.07, 6.45) is 2.82. The van der Waals surface area contributed by atoms with Crippen LogP contribution in [0.5, 0.6) is 0 Å². The van der Waals surface area contributed by atoms with Gasteiger partial charge in [0, 0.05) is 6.04 Å². The molecule has 18 heavy (non-hydrogen) atoms. The van der Waals surface area contributed by atoms with Crippen LogP contribution >= 0.6 is 0 Å². The molecule has 0 fully saturated rings. The largest absolute Gasteiger partial charge is 0.468 e. The molecular weight excluding hydrogens is 222 g/mol. The lowest BCUT2D eigenvalue weighted by Gasteiger charge is -2.17. The van der Waals surface area contributed by atoms with Gasteiger partial charge in [0.15, 0.2) is 0 Å². The van der Waals surface area contributed by atoms with E-state index in [1.807, 2.05) is 6.07 Å². The molecule has 1 N–H and O–H groups in total. The third kappa shape index (κ3) is 3.02. The first-order valence-electron chi connectivity index (χ1n) is 6.53. The quantitative estimate of drug-likeness (QED) is 0.854. The lowest BCUT2D eigenvalue weighted by atomic mass is 10.0. The van der Waals surface area contributed by atoms with Gasteiger partial charge in [-0.1, -0.05) is 36.8 Å². The Morgan fingerprint density at radius 1 is 1.11 bits per heavy atom. The zero-order valence-corrected chi connectivity index (χ0v) is 11.4. The number of nitrogens with one attached hydrogen (secondary N) is 1. The van der Waals surface area contributed by atoms with Crippen LogP contribution in [0.25, 0.3) is 0 Å². The van der Waals surface area contributed by atoms with Crippen molar-refractivity contribution in [1.29, 1.82) is 0 Å². The van der Waals surface area contributed by atoms with Gasteiger partial charge in [-0.3, -0.25) is 0 Å². The van der Waals surface area contributed by atoms with Gasteiger partial charge in [-0.05, 0) is 37.5 Å². The van der Waals surface area contributed by atoms with Gasteiger partial charge in [-0.2, -0.15) is 0 Å². The van der Waals surface area contributed by atoms with Crippen molar-refractivity contribution in [2.45, 2.75) is 39.8 Å². The molecule has 0 saturated carbocycles. The van der Waals surface area contributed by atoms with Gasteiger partial charge in [0.2, 0.25) is 0 Å². The normalized spacial score (nSPS) is 12.6. The molecule has 96 valence electrons. The second kappa shape index (κ2) is 5.87. The molecule has 2 heteroatoms. The maximum atomic E-state index is 5.45. The van der Waals surface area contributed by atoms with Crippen molar-refractivity contribution in [3.63, 3.8) is 0 Å². The van der Waals surface area contributed by atoms with E-state index < -0.39 is 0 Å². The minimum absolute atomic E-state index is 0.384. The summed E-state index contributed by atoms with van der Waals surface area (Å²) in [5, 5.41) is 3.55. The van der Waals surface area contributed by atoms with Gasteiger partial charge in [-0.25, -0.2) is 0 Å². The Labute approximate surface area is 109 Å². The number of aryl methyl sites for hydroxylation is 2. The smallest absolute Gasteiger partial charge is 0.120 e. The molecule has 1 unspecified atom stereocenters. The van der Waals surface area contributed by atoms with E-state index in [4.69, 9.17) is 4.42 Å². The Hall–Kier alpha value is -1.54. The molecule has 0 spiro atoms. The van der Waals surface area contributed by atoms with Crippen LogP contribution in [0.3, 0.4) is 0 Å². The number of furan rings is 1. The fourth-order valence-corrected chi connectivity index (χ4v) is 2.10. The summed E-state index contributed by atoms with van der Waals surface area (Å²) < 4.78 is 5.45.